The van der Waals surface area contributed by atoms with Gasteiger partial charge >= 0.3 is 0 Å². The maximum absolute atomic E-state index is 6.02. The van der Waals surface area contributed by atoms with Crippen molar-refractivity contribution < 1.29 is 18.9 Å². The molecule has 0 amide bonds. The molecular weight excluding hydrogens is 294 g/mol. The predicted octanol–water partition coefficient (Wildman–Crippen LogP) is 2.34. The Balaban J connectivity index is 1.37. The van der Waals surface area contributed by atoms with Crippen LogP contribution in [0.15, 0.2) is 24.3 Å². The number of nitrogens with zero attached hydrogens (tertiary/aromatic N) is 1. The minimum Gasteiger partial charge on any atom is -0.486 e. The number of ether oxygens (including phenoxy) is 4. The van der Waals surface area contributed by atoms with Gasteiger partial charge in [-0.25, -0.2) is 0 Å². The van der Waals surface area contributed by atoms with Crippen molar-refractivity contribution in [2.45, 2.75) is 32.0 Å². The van der Waals surface area contributed by atoms with E-state index < -0.39 is 0 Å². The third-order valence-electron chi connectivity index (χ3n) is 4.36. The summed E-state index contributed by atoms with van der Waals surface area (Å²) in [6.07, 6.45) is 2.67. The average Bonchev–Trinajstić information content (AvgIpc) is 3.11. The van der Waals surface area contributed by atoms with Crippen LogP contribution in [-0.4, -0.2) is 63.2 Å². The van der Waals surface area contributed by atoms with E-state index in [1.54, 1.807) is 0 Å². The average molecular weight is 321 g/mol. The summed E-state index contributed by atoms with van der Waals surface area (Å²) < 4.78 is 23.1. The van der Waals surface area contributed by atoms with E-state index in [2.05, 4.69) is 11.8 Å². The number of fused-ring (bicyclic) bond motifs is 1. The van der Waals surface area contributed by atoms with Gasteiger partial charge in [-0.15, -0.1) is 0 Å². The van der Waals surface area contributed by atoms with Crippen molar-refractivity contribution in [3.05, 3.63) is 24.3 Å². The fourth-order valence-corrected chi connectivity index (χ4v) is 3.00. The second-order valence-electron chi connectivity index (χ2n) is 6.10. The molecule has 3 rings (SSSR count). The lowest BCUT2D eigenvalue weighted by atomic mass is 10.2. The summed E-state index contributed by atoms with van der Waals surface area (Å²) in [5.41, 5.74) is 0. The van der Waals surface area contributed by atoms with Gasteiger partial charge in [0.1, 0.15) is 12.7 Å². The second-order valence-corrected chi connectivity index (χ2v) is 6.10. The highest BCUT2D eigenvalue weighted by atomic mass is 16.6. The smallest absolute Gasteiger partial charge is 0.161 e. The molecule has 2 heterocycles. The Bertz CT molecular complexity index is 476. The van der Waals surface area contributed by atoms with Gasteiger partial charge < -0.3 is 18.9 Å². The van der Waals surface area contributed by atoms with E-state index in [-0.39, 0.29) is 6.10 Å². The van der Waals surface area contributed by atoms with E-state index in [9.17, 15) is 0 Å². The van der Waals surface area contributed by atoms with Gasteiger partial charge in [-0.1, -0.05) is 19.1 Å². The van der Waals surface area contributed by atoms with Crippen molar-refractivity contribution >= 4 is 0 Å². The van der Waals surface area contributed by atoms with Gasteiger partial charge in [0.05, 0.1) is 19.3 Å². The van der Waals surface area contributed by atoms with Gasteiger partial charge in [-0.05, 0) is 31.5 Å². The normalized spacial score (nSPS) is 23.4. The van der Waals surface area contributed by atoms with Gasteiger partial charge in [0.15, 0.2) is 11.5 Å². The Morgan fingerprint density at radius 2 is 2.09 bits per heavy atom. The molecule has 2 aliphatic rings. The third-order valence-corrected chi connectivity index (χ3v) is 4.36. The molecule has 0 N–H and O–H groups in total. The summed E-state index contributed by atoms with van der Waals surface area (Å²) in [6, 6.07) is 7.85. The van der Waals surface area contributed by atoms with Crippen LogP contribution in [0.4, 0.5) is 0 Å². The van der Waals surface area contributed by atoms with Crippen LogP contribution >= 0.6 is 0 Å². The van der Waals surface area contributed by atoms with Crippen LogP contribution in [0.1, 0.15) is 19.8 Å². The minimum atomic E-state index is 0.0722. The van der Waals surface area contributed by atoms with Crippen LogP contribution in [-0.2, 0) is 9.47 Å². The largest absolute Gasteiger partial charge is 0.486 e. The van der Waals surface area contributed by atoms with Crippen LogP contribution in [0, 0.1) is 0 Å². The second kappa shape index (κ2) is 8.52. The monoisotopic (exact) mass is 321 g/mol. The van der Waals surface area contributed by atoms with E-state index >= 15 is 0 Å². The van der Waals surface area contributed by atoms with Crippen LogP contribution < -0.4 is 9.47 Å². The molecule has 2 atom stereocenters. The summed E-state index contributed by atoms with van der Waals surface area (Å²) >= 11 is 0. The molecule has 0 radical (unpaired) electrons. The summed E-state index contributed by atoms with van der Waals surface area (Å²) in [5, 5.41) is 0. The van der Waals surface area contributed by atoms with Crippen molar-refractivity contribution in [1.82, 2.24) is 4.90 Å². The zero-order valence-corrected chi connectivity index (χ0v) is 13.9. The Morgan fingerprint density at radius 3 is 2.87 bits per heavy atom. The number of likely N-dealkylation sites (N-methyl/N-ethyl adjacent to an activating group) is 1. The lowest BCUT2D eigenvalue weighted by Gasteiger charge is -2.30. The Labute approximate surface area is 138 Å². The number of rotatable bonds is 8. The fourth-order valence-electron chi connectivity index (χ4n) is 3.00. The lowest BCUT2D eigenvalue weighted by molar-refractivity contribution is 0.00441. The molecule has 0 bridgehead atoms. The third kappa shape index (κ3) is 4.83. The zero-order chi connectivity index (χ0) is 15.9. The molecular formula is C18H27NO4. The molecule has 0 spiro atoms. The number of benzene rings is 1. The molecule has 0 saturated carbocycles. The summed E-state index contributed by atoms with van der Waals surface area (Å²) in [5.74, 6) is 1.68. The van der Waals surface area contributed by atoms with E-state index in [0.29, 0.717) is 19.3 Å². The highest BCUT2D eigenvalue weighted by molar-refractivity contribution is 5.40. The Morgan fingerprint density at radius 1 is 1.22 bits per heavy atom. The first-order chi connectivity index (χ1) is 11.3. The molecule has 1 saturated heterocycles. The molecule has 0 aromatic heterocycles. The van der Waals surface area contributed by atoms with Crippen molar-refractivity contribution in [2.75, 3.05) is 46.1 Å². The van der Waals surface area contributed by atoms with Crippen molar-refractivity contribution in [3.63, 3.8) is 0 Å². The standard InChI is InChI=1S/C18H27NO4/c1-2-19(9-11-20-13-15-6-5-10-21-15)12-16-14-22-17-7-3-4-8-18(17)23-16/h3-4,7-8,15-16H,2,5-6,9-14H2,1H3/t15-,16-/m0/s1. The van der Waals surface area contributed by atoms with Crippen molar-refractivity contribution in [2.24, 2.45) is 0 Å². The molecule has 1 aromatic rings. The van der Waals surface area contributed by atoms with Gasteiger partial charge in [0.25, 0.3) is 0 Å². The first-order valence-corrected chi connectivity index (χ1v) is 8.65. The number of hydrogen-bond acceptors (Lipinski definition) is 5. The Kier molecular flexibility index (Phi) is 6.13. The van der Waals surface area contributed by atoms with Crippen molar-refractivity contribution in [3.8, 4) is 11.5 Å². The van der Waals surface area contributed by atoms with E-state index in [1.165, 1.54) is 0 Å². The highest BCUT2D eigenvalue weighted by Crippen LogP contribution is 2.30. The van der Waals surface area contributed by atoms with E-state index in [1.807, 2.05) is 24.3 Å². The zero-order valence-electron chi connectivity index (χ0n) is 13.9. The molecule has 5 heteroatoms. The first kappa shape index (κ1) is 16.6. The molecule has 1 aromatic carbocycles. The summed E-state index contributed by atoms with van der Waals surface area (Å²) in [6.45, 7) is 7.84. The van der Waals surface area contributed by atoms with Gasteiger partial charge in [-0.3, -0.25) is 4.90 Å². The highest BCUT2D eigenvalue weighted by Gasteiger charge is 2.22. The summed E-state index contributed by atoms with van der Waals surface area (Å²) in [7, 11) is 0. The van der Waals surface area contributed by atoms with Gasteiger partial charge in [0.2, 0.25) is 0 Å². The first-order valence-electron chi connectivity index (χ1n) is 8.65. The number of hydrogen-bond donors (Lipinski definition) is 0. The molecule has 5 nitrogen and oxygen atoms in total. The van der Waals surface area contributed by atoms with Crippen LogP contribution in [0.5, 0.6) is 11.5 Å². The number of para-hydroxylation sites is 2. The molecule has 2 aliphatic heterocycles. The molecule has 0 unspecified atom stereocenters. The molecule has 128 valence electrons. The minimum absolute atomic E-state index is 0.0722. The topological polar surface area (TPSA) is 40.2 Å². The Hall–Kier alpha value is -1.30. The molecule has 1 fully saturated rings. The maximum atomic E-state index is 6.02. The van der Waals surface area contributed by atoms with Crippen LogP contribution in [0.2, 0.25) is 0 Å². The van der Waals surface area contributed by atoms with Crippen LogP contribution in [0.25, 0.3) is 0 Å². The maximum Gasteiger partial charge on any atom is 0.161 e. The van der Waals surface area contributed by atoms with Gasteiger partial charge in [0, 0.05) is 19.7 Å². The van der Waals surface area contributed by atoms with E-state index in [0.717, 1.165) is 57.2 Å². The van der Waals surface area contributed by atoms with Crippen LogP contribution in [0.3, 0.4) is 0 Å². The van der Waals surface area contributed by atoms with Crippen molar-refractivity contribution in [1.29, 1.82) is 0 Å². The molecule has 0 aliphatic carbocycles. The fraction of sp³-hybridized carbons (Fsp3) is 0.667. The SMILES string of the molecule is CCN(CCOC[C@@H]1CCCO1)C[C@H]1COc2ccccc2O1. The quantitative estimate of drug-likeness (QED) is 0.687. The van der Waals surface area contributed by atoms with E-state index in [4.69, 9.17) is 18.9 Å². The molecule has 23 heavy (non-hydrogen) atoms. The predicted molar refractivity (Wildman–Crippen MR) is 88.3 cm³/mol. The van der Waals surface area contributed by atoms with Gasteiger partial charge in [-0.2, -0.15) is 0 Å². The summed E-state index contributed by atoms with van der Waals surface area (Å²) in [4.78, 5) is 2.34. The lowest BCUT2D eigenvalue weighted by Crippen LogP contribution is -2.42.